The average Bonchev–Trinajstić information content (AvgIpc) is 3.12. The number of carbonyl (C=O) groups is 1. The largest absolute Gasteiger partial charge is 0.339 e. The van der Waals surface area contributed by atoms with Crippen LogP contribution in [0.5, 0.6) is 0 Å². The third kappa shape index (κ3) is 3.72. The zero-order valence-electron chi connectivity index (χ0n) is 18.2. The second-order valence-electron chi connectivity index (χ2n) is 9.63. The van der Waals surface area contributed by atoms with E-state index in [2.05, 4.69) is 42.0 Å². The lowest BCUT2D eigenvalue weighted by molar-refractivity contribution is -0.143. The smallest absolute Gasteiger partial charge is 0.228 e. The number of nitrogens with zero attached hydrogens (tertiary/aromatic N) is 2. The molecule has 29 heavy (non-hydrogen) atoms. The number of likely N-dealkylation sites (tertiary alicyclic amines) is 1. The van der Waals surface area contributed by atoms with E-state index in [4.69, 9.17) is 11.6 Å². The highest BCUT2D eigenvalue weighted by molar-refractivity contribution is 6.29. The van der Waals surface area contributed by atoms with Crippen molar-refractivity contribution in [3.8, 4) is 0 Å². The van der Waals surface area contributed by atoms with Crippen molar-refractivity contribution in [2.24, 2.45) is 17.8 Å². The van der Waals surface area contributed by atoms with Gasteiger partial charge in [-0.3, -0.25) is 4.79 Å². The molecule has 1 aliphatic carbocycles. The number of hydrogen-bond acceptors (Lipinski definition) is 3. The van der Waals surface area contributed by atoms with Crippen LogP contribution in [-0.2, 0) is 16.6 Å². The minimum atomic E-state index is -0.121. The van der Waals surface area contributed by atoms with Crippen molar-refractivity contribution in [3.05, 3.63) is 28.5 Å². The minimum absolute atomic E-state index is 0.00907. The maximum Gasteiger partial charge on any atom is 0.228 e. The van der Waals surface area contributed by atoms with Gasteiger partial charge < -0.3 is 10.2 Å². The van der Waals surface area contributed by atoms with Gasteiger partial charge in [-0.1, -0.05) is 51.3 Å². The molecular formula is C24H36ClN3O. The van der Waals surface area contributed by atoms with Crippen LogP contribution in [0.1, 0.15) is 70.6 Å². The summed E-state index contributed by atoms with van der Waals surface area (Å²) >= 11 is 6.19. The summed E-state index contributed by atoms with van der Waals surface area (Å²) < 4.78 is 0. The van der Waals surface area contributed by atoms with Crippen molar-refractivity contribution >= 4 is 17.5 Å². The Morgan fingerprint density at radius 3 is 2.93 bits per heavy atom. The minimum Gasteiger partial charge on any atom is -0.339 e. The number of piperidine rings is 1. The first-order chi connectivity index (χ1) is 14.0. The second kappa shape index (κ2) is 8.55. The van der Waals surface area contributed by atoms with Crippen LogP contribution in [0.15, 0.2) is 12.1 Å². The molecule has 2 fully saturated rings. The summed E-state index contributed by atoms with van der Waals surface area (Å²) in [6.45, 7) is 9.48. The summed E-state index contributed by atoms with van der Waals surface area (Å²) in [7, 11) is 0. The molecule has 2 saturated heterocycles. The van der Waals surface area contributed by atoms with Gasteiger partial charge in [0.25, 0.3) is 0 Å². The van der Waals surface area contributed by atoms with Gasteiger partial charge >= 0.3 is 0 Å². The van der Waals surface area contributed by atoms with Crippen LogP contribution in [0.4, 0.5) is 0 Å². The van der Waals surface area contributed by atoms with Crippen molar-refractivity contribution in [3.63, 3.8) is 0 Å². The summed E-state index contributed by atoms with van der Waals surface area (Å²) in [4.78, 5) is 21.0. The predicted octanol–water partition coefficient (Wildman–Crippen LogP) is 4.59. The number of rotatable bonds is 4. The lowest BCUT2D eigenvalue weighted by atomic mass is 9.65. The molecule has 0 unspecified atom stereocenters. The Bertz CT molecular complexity index is 750. The molecule has 1 amide bonds. The SMILES string of the molecule is CCC(CC)[C@@H]1C[C@H](C)CCN1C(=O)[C@@H]1CNC[C@]12CCCc1nc(Cl)ccc12. The van der Waals surface area contributed by atoms with Crippen LogP contribution in [0.3, 0.4) is 0 Å². The first-order valence-corrected chi connectivity index (χ1v) is 12.0. The molecule has 4 atom stereocenters. The molecule has 0 radical (unpaired) electrons. The molecule has 0 bridgehead atoms. The number of fused-ring (bicyclic) bond motifs is 2. The molecule has 3 heterocycles. The van der Waals surface area contributed by atoms with Crippen LogP contribution in [0.25, 0.3) is 0 Å². The molecule has 2 aliphatic heterocycles. The van der Waals surface area contributed by atoms with Crippen LogP contribution in [0.2, 0.25) is 5.15 Å². The van der Waals surface area contributed by atoms with Gasteiger partial charge in [-0.25, -0.2) is 4.98 Å². The van der Waals surface area contributed by atoms with Crippen molar-refractivity contribution < 1.29 is 4.79 Å². The monoisotopic (exact) mass is 417 g/mol. The van der Waals surface area contributed by atoms with Gasteiger partial charge in [0.05, 0.1) is 5.92 Å². The highest BCUT2D eigenvalue weighted by Crippen LogP contribution is 2.46. The number of pyridine rings is 1. The molecule has 4 nitrogen and oxygen atoms in total. The Morgan fingerprint density at radius 1 is 1.38 bits per heavy atom. The van der Waals surface area contributed by atoms with E-state index in [1.165, 1.54) is 5.56 Å². The van der Waals surface area contributed by atoms with Crippen LogP contribution < -0.4 is 5.32 Å². The van der Waals surface area contributed by atoms with Crippen LogP contribution in [-0.4, -0.2) is 41.5 Å². The van der Waals surface area contributed by atoms with Crippen molar-refractivity contribution in [1.82, 2.24) is 15.2 Å². The lowest BCUT2D eigenvalue weighted by Crippen LogP contribution is -2.55. The fraction of sp³-hybridized carbons (Fsp3) is 0.750. The van der Waals surface area contributed by atoms with Gasteiger partial charge in [0.1, 0.15) is 5.15 Å². The molecule has 0 aromatic carbocycles. The quantitative estimate of drug-likeness (QED) is 0.728. The van der Waals surface area contributed by atoms with Gasteiger partial charge in [-0.05, 0) is 55.6 Å². The van der Waals surface area contributed by atoms with Crippen LogP contribution in [0, 0.1) is 17.8 Å². The molecule has 1 aromatic heterocycles. The van der Waals surface area contributed by atoms with E-state index in [1.807, 2.05) is 6.07 Å². The standard InChI is InChI=1S/C24H36ClN3O/c1-4-17(5-2)21-13-16(3)10-12-28(21)23(29)19-14-26-15-24(19)11-6-7-20-18(24)8-9-22(25)27-20/h8-9,16-17,19,21,26H,4-7,10-15H2,1-3H3/t16-,19+,21+,24+/m1/s1. The molecule has 3 aliphatic rings. The lowest BCUT2D eigenvalue weighted by Gasteiger charge is -2.46. The first-order valence-electron chi connectivity index (χ1n) is 11.7. The number of hydrogen-bond donors (Lipinski definition) is 1. The normalized spacial score (nSPS) is 32.0. The summed E-state index contributed by atoms with van der Waals surface area (Å²) in [6.07, 6.45) is 7.69. The third-order valence-corrected chi connectivity index (χ3v) is 8.26. The molecule has 0 saturated carbocycles. The van der Waals surface area contributed by atoms with Gasteiger partial charge in [0.15, 0.2) is 0 Å². The summed E-state index contributed by atoms with van der Waals surface area (Å²) in [6, 6.07) is 4.45. The Morgan fingerprint density at radius 2 is 2.17 bits per heavy atom. The van der Waals surface area contributed by atoms with E-state index in [1.54, 1.807) is 0 Å². The van der Waals surface area contributed by atoms with Crippen molar-refractivity contribution in [2.75, 3.05) is 19.6 Å². The molecule has 160 valence electrons. The number of aromatic nitrogens is 1. The highest BCUT2D eigenvalue weighted by Gasteiger charge is 2.52. The van der Waals surface area contributed by atoms with E-state index in [0.29, 0.717) is 28.9 Å². The zero-order chi connectivity index (χ0) is 20.6. The maximum atomic E-state index is 14.0. The first kappa shape index (κ1) is 21.1. The van der Waals surface area contributed by atoms with Crippen molar-refractivity contribution in [1.29, 1.82) is 0 Å². The summed E-state index contributed by atoms with van der Waals surface area (Å²) in [5.74, 6) is 1.70. The second-order valence-corrected chi connectivity index (χ2v) is 10.0. The molecule has 4 rings (SSSR count). The molecule has 5 heteroatoms. The number of carbonyl (C=O) groups excluding carboxylic acids is 1. The summed E-state index contributed by atoms with van der Waals surface area (Å²) in [5.41, 5.74) is 2.25. The van der Waals surface area contributed by atoms with E-state index in [-0.39, 0.29) is 11.3 Å². The molecule has 1 aromatic rings. The zero-order valence-corrected chi connectivity index (χ0v) is 19.0. The fourth-order valence-corrected chi connectivity index (χ4v) is 6.55. The number of nitrogens with one attached hydrogen (secondary N) is 1. The Labute approximate surface area is 180 Å². The molecule has 1 spiro atoms. The number of halogens is 1. The number of amides is 1. The van der Waals surface area contributed by atoms with Gasteiger partial charge in [-0.15, -0.1) is 0 Å². The van der Waals surface area contributed by atoms with Gasteiger partial charge in [0, 0.05) is 36.8 Å². The van der Waals surface area contributed by atoms with Crippen molar-refractivity contribution in [2.45, 2.75) is 77.2 Å². The van der Waals surface area contributed by atoms with Gasteiger partial charge in [0.2, 0.25) is 5.91 Å². The maximum absolute atomic E-state index is 14.0. The predicted molar refractivity (Wildman–Crippen MR) is 118 cm³/mol. The topological polar surface area (TPSA) is 45.2 Å². The average molecular weight is 418 g/mol. The fourth-order valence-electron chi connectivity index (χ4n) is 6.39. The highest BCUT2D eigenvalue weighted by atomic mass is 35.5. The molecule has 1 N–H and O–H groups in total. The van der Waals surface area contributed by atoms with Crippen LogP contribution >= 0.6 is 11.6 Å². The third-order valence-electron chi connectivity index (χ3n) is 8.05. The Kier molecular flexibility index (Phi) is 6.22. The van der Waals surface area contributed by atoms with Gasteiger partial charge in [-0.2, -0.15) is 0 Å². The van der Waals surface area contributed by atoms with E-state index in [9.17, 15) is 4.79 Å². The Hall–Kier alpha value is -1.13. The van der Waals surface area contributed by atoms with E-state index >= 15 is 0 Å². The van der Waals surface area contributed by atoms with E-state index in [0.717, 1.165) is 70.3 Å². The molecular weight excluding hydrogens is 382 g/mol. The Balaban J connectivity index is 1.66. The summed E-state index contributed by atoms with van der Waals surface area (Å²) in [5, 5.41) is 4.14. The van der Waals surface area contributed by atoms with E-state index < -0.39 is 0 Å². The number of aryl methyl sites for hydroxylation is 1.